The Morgan fingerprint density at radius 1 is 1.22 bits per heavy atom. The van der Waals surface area contributed by atoms with Gasteiger partial charge in [0.15, 0.2) is 0 Å². The zero-order chi connectivity index (χ0) is 16.5. The van der Waals surface area contributed by atoms with E-state index in [-0.39, 0.29) is 5.92 Å². The van der Waals surface area contributed by atoms with E-state index in [4.69, 9.17) is 9.47 Å². The fraction of sp³-hybridized carbons (Fsp3) is 0.882. The molecule has 0 spiro atoms. The van der Waals surface area contributed by atoms with Crippen molar-refractivity contribution in [2.24, 2.45) is 10.9 Å². The first-order chi connectivity index (χ1) is 11.2. The normalized spacial score (nSPS) is 21.5. The topological polar surface area (TPSA) is 54.4 Å². The van der Waals surface area contributed by atoms with Gasteiger partial charge in [-0.05, 0) is 38.8 Å². The van der Waals surface area contributed by atoms with Crippen LogP contribution in [0.5, 0.6) is 0 Å². The average molecular weight is 325 g/mol. The van der Waals surface area contributed by atoms with Crippen LogP contribution < -0.4 is 0 Å². The Hall–Kier alpha value is -1.14. The number of ether oxygens (including phenoxy) is 2. The lowest BCUT2D eigenvalue weighted by molar-refractivity contribution is 0.0657. The quantitative estimate of drug-likeness (QED) is 0.426. The molecule has 6 nitrogen and oxygen atoms in total. The summed E-state index contributed by atoms with van der Waals surface area (Å²) in [6.07, 6.45) is 3.98. The molecule has 0 aromatic heterocycles. The molecule has 6 heteroatoms. The van der Waals surface area contributed by atoms with Crippen LogP contribution in [-0.2, 0) is 9.47 Å². The third kappa shape index (κ3) is 6.11. The van der Waals surface area contributed by atoms with Crippen LogP contribution in [0.25, 0.3) is 0 Å². The van der Waals surface area contributed by atoms with E-state index in [2.05, 4.69) is 28.6 Å². The van der Waals surface area contributed by atoms with E-state index in [0.29, 0.717) is 19.8 Å². The summed E-state index contributed by atoms with van der Waals surface area (Å²) >= 11 is 0. The van der Waals surface area contributed by atoms with E-state index >= 15 is 0 Å². The van der Waals surface area contributed by atoms with Crippen LogP contribution in [0.4, 0.5) is 4.79 Å². The number of morpholine rings is 1. The summed E-state index contributed by atoms with van der Waals surface area (Å²) in [5.41, 5.74) is 0. The monoisotopic (exact) mass is 325 g/mol. The maximum Gasteiger partial charge on any atom is 0.435 e. The lowest BCUT2D eigenvalue weighted by Crippen LogP contribution is -2.43. The third-order valence-corrected chi connectivity index (χ3v) is 4.64. The number of amidine groups is 1. The van der Waals surface area contributed by atoms with Crippen molar-refractivity contribution in [3.8, 4) is 0 Å². The largest absolute Gasteiger partial charge is 0.448 e. The number of likely N-dealkylation sites (tertiary alicyclic amines) is 1. The number of hydrogen-bond acceptors (Lipinski definition) is 4. The van der Waals surface area contributed by atoms with E-state index in [1.807, 2.05) is 0 Å². The van der Waals surface area contributed by atoms with E-state index in [1.165, 1.54) is 25.9 Å². The number of nitrogens with zero attached hydrogens (tertiary/aromatic N) is 3. The van der Waals surface area contributed by atoms with Crippen molar-refractivity contribution < 1.29 is 14.3 Å². The molecule has 0 bridgehead atoms. The first-order valence-electron chi connectivity index (χ1n) is 9.01. The molecule has 1 unspecified atom stereocenters. The number of carbonyl (C=O) groups is 1. The van der Waals surface area contributed by atoms with Crippen molar-refractivity contribution in [2.75, 3.05) is 52.5 Å². The molecule has 2 fully saturated rings. The summed E-state index contributed by atoms with van der Waals surface area (Å²) in [5, 5.41) is 0. The summed E-state index contributed by atoms with van der Waals surface area (Å²) in [6, 6.07) is 0. The molecule has 2 aliphatic rings. The fourth-order valence-corrected chi connectivity index (χ4v) is 3.05. The van der Waals surface area contributed by atoms with Gasteiger partial charge in [0.1, 0.15) is 5.84 Å². The molecule has 1 amide bonds. The molecule has 2 heterocycles. The van der Waals surface area contributed by atoms with Crippen molar-refractivity contribution in [3.63, 3.8) is 0 Å². The smallest absolute Gasteiger partial charge is 0.435 e. The Morgan fingerprint density at radius 3 is 2.57 bits per heavy atom. The second-order valence-electron chi connectivity index (χ2n) is 6.40. The fourth-order valence-electron chi connectivity index (χ4n) is 3.05. The van der Waals surface area contributed by atoms with E-state index in [9.17, 15) is 4.79 Å². The molecule has 0 aromatic carbocycles. The molecule has 0 aliphatic carbocycles. The third-order valence-electron chi connectivity index (χ3n) is 4.64. The molecule has 0 saturated carbocycles. The van der Waals surface area contributed by atoms with E-state index in [0.717, 1.165) is 38.3 Å². The van der Waals surface area contributed by atoms with Gasteiger partial charge in [-0.1, -0.05) is 13.8 Å². The van der Waals surface area contributed by atoms with Crippen LogP contribution in [0.1, 0.15) is 39.5 Å². The molecule has 2 saturated heterocycles. The molecule has 1 atom stereocenters. The van der Waals surface area contributed by atoms with Crippen LogP contribution in [0.2, 0.25) is 0 Å². The summed E-state index contributed by atoms with van der Waals surface area (Å²) in [7, 11) is 0. The average Bonchev–Trinajstić information content (AvgIpc) is 3.10. The molecule has 0 aromatic rings. The minimum absolute atomic E-state index is 0.255. The van der Waals surface area contributed by atoms with Crippen molar-refractivity contribution in [2.45, 2.75) is 39.5 Å². The molecule has 132 valence electrons. The molecule has 2 aliphatic heterocycles. The van der Waals surface area contributed by atoms with Gasteiger partial charge in [0.25, 0.3) is 0 Å². The van der Waals surface area contributed by atoms with Crippen molar-refractivity contribution in [1.82, 2.24) is 9.80 Å². The number of rotatable bonds is 6. The number of hydrogen-bond donors (Lipinski definition) is 0. The molecule has 0 radical (unpaired) electrons. The predicted octanol–water partition coefficient (Wildman–Crippen LogP) is 2.39. The summed E-state index contributed by atoms with van der Waals surface area (Å²) in [6.45, 7) is 11.0. The molecule has 0 N–H and O–H groups in total. The Morgan fingerprint density at radius 2 is 1.91 bits per heavy atom. The van der Waals surface area contributed by atoms with Gasteiger partial charge >= 0.3 is 6.09 Å². The van der Waals surface area contributed by atoms with Gasteiger partial charge in [-0.2, -0.15) is 4.99 Å². The zero-order valence-electron chi connectivity index (χ0n) is 14.6. The number of carbonyl (C=O) groups excluding carboxylic acids is 1. The highest BCUT2D eigenvalue weighted by atomic mass is 16.5. The Labute approximate surface area is 139 Å². The minimum atomic E-state index is -0.451. The van der Waals surface area contributed by atoms with Gasteiger partial charge in [0, 0.05) is 25.6 Å². The molecular weight excluding hydrogens is 294 g/mol. The molecule has 23 heavy (non-hydrogen) atoms. The van der Waals surface area contributed by atoms with E-state index in [1.54, 1.807) is 0 Å². The minimum Gasteiger partial charge on any atom is -0.448 e. The summed E-state index contributed by atoms with van der Waals surface area (Å²) in [5.74, 6) is 1.10. The van der Waals surface area contributed by atoms with Crippen molar-refractivity contribution in [1.29, 1.82) is 0 Å². The lowest BCUT2D eigenvalue weighted by Gasteiger charge is -2.32. The SMILES string of the molecule is CCC(C)/C(=N/C(=O)OCCCN1CCCC1)N1CCOCC1. The molecule has 2 rings (SSSR count). The van der Waals surface area contributed by atoms with Gasteiger partial charge in [-0.15, -0.1) is 0 Å². The number of aliphatic imine (C=N–C) groups is 1. The van der Waals surface area contributed by atoms with Crippen LogP contribution in [-0.4, -0.2) is 74.3 Å². The molecular formula is C17H31N3O3. The standard InChI is InChI=1S/C17H31N3O3/c1-3-15(2)16(20-10-13-22-14-11-20)18-17(21)23-12-6-9-19-7-4-5-8-19/h15H,3-14H2,1-2H3/b18-16-. The Balaban J connectivity index is 1.77. The van der Waals surface area contributed by atoms with Crippen LogP contribution in [0.3, 0.4) is 0 Å². The van der Waals surface area contributed by atoms with Crippen LogP contribution in [0, 0.1) is 5.92 Å². The zero-order valence-corrected chi connectivity index (χ0v) is 14.6. The summed E-state index contributed by atoms with van der Waals surface area (Å²) < 4.78 is 10.7. The summed E-state index contributed by atoms with van der Waals surface area (Å²) in [4.78, 5) is 20.9. The highest BCUT2D eigenvalue weighted by Crippen LogP contribution is 2.12. The predicted molar refractivity (Wildman–Crippen MR) is 90.9 cm³/mol. The van der Waals surface area contributed by atoms with Crippen molar-refractivity contribution >= 4 is 11.9 Å². The highest BCUT2D eigenvalue weighted by Gasteiger charge is 2.21. The maximum atomic E-state index is 12.0. The first kappa shape index (κ1) is 18.2. The van der Waals surface area contributed by atoms with Gasteiger partial charge in [-0.25, -0.2) is 4.79 Å². The second kappa shape index (κ2) is 9.88. The Kier molecular flexibility index (Phi) is 7.82. The van der Waals surface area contributed by atoms with Crippen LogP contribution in [0.15, 0.2) is 4.99 Å². The van der Waals surface area contributed by atoms with Crippen LogP contribution >= 0.6 is 0 Å². The highest BCUT2D eigenvalue weighted by molar-refractivity contribution is 5.93. The second-order valence-corrected chi connectivity index (χ2v) is 6.40. The van der Waals surface area contributed by atoms with Gasteiger partial charge in [-0.3, -0.25) is 0 Å². The van der Waals surface area contributed by atoms with E-state index < -0.39 is 6.09 Å². The first-order valence-corrected chi connectivity index (χ1v) is 9.01. The van der Waals surface area contributed by atoms with Crippen molar-refractivity contribution in [3.05, 3.63) is 0 Å². The number of amides is 1. The van der Waals surface area contributed by atoms with Gasteiger partial charge < -0.3 is 19.3 Å². The lowest BCUT2D eigenvalue weighted by atomic mass is 10.1. The van der Waals surface area contributed by atoms with Gasteiger partial charge in [0.2, 0.25) is 0 Å². The maximum absolute atomic E-state index is 12.0. The van der Waals surface area contributed by atoms with Gasteiger partial charge in [0.05, 0.1) is 19.8 Å². The Bertz CT molecular complexity index is 389.